The third-order valence-electron chi connectivity index (χ3n) is 2.80. The van der Waals surface area contributed by atoms with Crippen molar-refractivity contribution >= 4 is 5.78 Å². The van der Waals surface area contributed by atoms with Crippen molar-refractivity contribution in [3.63, 3.8) is 0 Å². The molecule has 0 unspecified atom stereocenters. The topological polar surface area (TPSA) is 40.5 Å². The highest BCUT2D eigenvalue weighted by Gasteiger charge is 2.14. The highest BCUT2D eigenvalue weighted by atomic mass is 16.3. The van der Waals surface area contributed by atoms with E-state index in [2.05, 4.69) is 0 Å². The molecule has 94 valence electrons. The van der Waals surface area contributed by atoms with E-state index in [9.17, 15) is 4.79 Å². The van der Waals surface area contributed by atoms with Gasteiger partial charge in [0.1, 0.15) is 0 Å². The van der Waals surface area contributed by atoms with Crippen LogP contribution in [0.3, 0.4) is 0 Å². The highest BCUT2D eigenvalue weighted by Crippen LogP contribution is 2.07. The molecule has 0 aliphatic rings. The van der Waals surface area contributed by atoms with Crippen LogP contribution in [0.4, 0.5) is 0 Å². The Morgan fingerprint density at radius 1 is 1.41 bits per heavy atom. The van der Waals surface area contributed by atoms with Crippen molar-refractivity contribution in [2.75, 3.05) is 19.7 Å². The van der Waals surface area contributed by atoms with Crippen molar-refractivity contribution in [1.29, 1.82) is 0 Å². The number of benzene rings is 1. The standard InChI is InChI=1S/C14H21NO2/c1-11(2)15(7-8-16)10-14(17)13-6-4-5-12(3)9-13/h4-6,9,11,16H,7-8,10H2,1-3H3. The smallest absolute Gasteiger partial charge is 0.176 e. The van der Waals surface area contributed by atoms with E-state index in [1.54, 1.807) is 0 Å². The molecule has 0 aromatic heterocycles. The van der Waals surface area contributed by atoms with Gasteiger partial charge in [-0.25, -0.2) is 0 Å². The SMILES string of the molecule is Cc1cccc(C(=O)CN(CCO)C(C)C)c1. The lowest BCUT2D eigenvalue weighted by atomic mass is 10.1. The summed E-state index contributed by atoms with van der Waals surface area (Å²) in [7, 11) is 0. The van der Waals surface area contributed by atoms with Crippen LogP contribution in [0.2, 0.25) is 0 Å². The summed E-state index contributed by atoms with van der Waals surface area (Å²) in [6.45, 7) is 7.01. The maximum absolute atomic E-state index is 12.1. The number of aliphatic hydroxyl groups excluding tert-OH is 1. The number of Topliss-reactive ketones (excluding diaryl/α,β-unsaturated/α-hetero) is 1. The second-order valence-electron chi connectivity index (χ2n) is 4.58. The Kier molecular flexibility index (Phi) is 5.32. The van der Waals surface area contributed by atoms with Gasteiger partial charge >= 0.3 is 0 Å². The average molecular weight is 235 g/mol. The summed E-state index contributed by atoms with van der Waals surface area (Å²) >= 11 is 0. The predicted molar refractivity (Wildman–Crippen MR) is 69.3 cm³/mol. The van der Waals surface area contributed by atoms with Crippen LogP contribution >= 0.6 is 0 Å². The van der Waals surface area contributed by atoms with Crippen molar-refractivity contribution < 1.29 is 9.90 Å². The number of rotatable bonds is 6. The van der Waals surface area contributed by atoms with Crippen LogP contribution in [0.5, 0.6) is 0 Å². The lowest BCUT2D eigenvalue weighted by Gasteiger charge is -2.24. The molecule has 0 saturated heterocycles. The van der Waals surface area contributed by atoms with Crippen LogP contribution in [0.15, 0.2) is 24.3 Å². The van der Waals surface area contributed by atoms with Crippen molar-refractivity contribution in [3.8, 4) is 0 Å². The average Bonchev–Trinajstić information content (AvgIpc) is 2.28. The van der Waals surface area contributed by atoms with Crippen LogP contribution in [-0.4, -0.2) is 41.5 Å². The number of carbonyl (C=O) groups is 1. The number of ketones is 1. The van der Waals surface area contributed by atoms with Crippen LogP contribution in [-0.2, 0) is 0 Å². The molecule has 1 N–H and O–H groups in total. The van der Waals surface area contributed by atoms with Gasteiger partial charge in [0.15, 0.2) is 5.78 Å². The Morgan fingerprint density at radius 3 is 2.65 bits per heavy atom. The number of aliphatic hydroxyl groups is 1. The second kappa shape index (κ2) is 6.52. The summed E-state index contributed by atoms with van der Waals surface area (Å²) in [6, 6.07) is 7.88. The Morgan fingerprint density at radius 2 is 2.12 bits per heavy atom. The first kappa shape index (κ1) is 13.9. The van der Waals surface area contributed by atoms with E-state index < -0.39 is 0 Å². The van der Waals surface area contributed by atoms with Crippen LogP contribution in [0.25, 0.3) is 0 Å². The van der Waals surface area contributed by atoms with Crippen molar-refractivity contribution in [1.82, 2.24) is 4.90 Å². The second-order valence-corrected chi connectivity index (χ2v) is 4.58. The number of aryl methyl sites for hydroxylation is 1. The Hall–Kier alpha value is -1.19. The first-order valence-electron chi connectivity index (χ1n) is 5.99. The fraction of sp³-hybridized carbons (Fsp3) is 0.500. The maximum atomic E-state index is 12.1. The largest absolute Gasteiger partial charge is 0.395 e. The molecule has 0 amide bonds. The summed E-state index contributed by atoms with van der Waals surface area (Å²) in [5.41, 5.74) is 1.84. The first-order valence-corrected chi connectivity index (χ1v) is 5.99. The van der Waals surface area contributed by atoms with E-state index in [1.165, 1.54) is 0 Å². The van der Waals surface area contributed by atoms with Gasteiger partial charge in [0, 0.05) is 18.2 Å². The number of carbonyl (C=O) groups excluding carboxylic acids is 1. The number of hydrogen-bond acceptors (Lipinski definition) is 3. The molecule has 17 heavy (non-hydrogen) atoms. The third kappa shape index (κ3) is 4.29. The molecular weight excluding hydrogens is 214 g/mol. The molecule has 0 aliphatic heterocycles. The van der Waals surface area contributed by atoms with Gasteiger partial charge in [-0.1, -0.05) is 23.8 Å². The lowest BCUT2D eigenvalue weighted by molar-refractivity contribution is 0.0881. The van der Waals surface area contributed by atoms with E-state index >= 15 is 0 Å². The van der Waals surface area contributed by atoms with E-state index in [1.807, 2.05) is 49.9 Å². The lowest BCUT2D eigenvalue weighted by Crippen LogP contribution is -2.37. The maximum Gasteiger partial charge on any atom is 0.176 e. The zero-order valence-electron chi connectivity index (χ0n) is 10.8. The van der Waals surface area contributed by atoms with Gasteiger partial charge in [0.25, 0.3) is 0 Å². The number of hydrogen-bond donors (Lipinski definition) is 1. The molecular formula is C14H21NO2. The van der Waals surface area contributed by atoms with Crippen LogP contribution in [0.1, 0.15) is 29.8 Å². The van der Waals surface area contributed by atoms with Crippen LogP contribution < -0.4 is 0 Å². The van der Waals surface area contributed by atoms with Crippen molar-refractivity contribution in [2.45, 2.75) is 26.8 Å². The third-order valence-corrected chi connectivity index (χ3v) is 2.80. The molecule has 0 bridgehead atoms. The van der Waals surface area contributed by atoms with E-state index in [-0.39, 0.29) is 18.4 Å². The van der Waals surface area contributed by atoms with Gasteiger partial charge in [-0.2, -0.15) is 0 Å². The zero-order chi connectivity index (χ0) is 12.8. The molecule has 0 radical (unpaired) electrons. The zero-order valence-corrected chi connectivity index (χ0v) is 10.8. The fourth-order valence-corrected chi connectivity index (χ4v) is 1.74. The minimum absolute atomic E-state index is 0.0826. The molecule has 1 aromatic rings. The van der Waals surface area contributed by atoms with E-state index in [4.69, 9.17) is 5.11 Å². The Balaban J connectivity index is 2.70. The Labute approximate surface area is 103 Å². The molecule has 0 spiro atoms. The minimum atomic E-state index is 0.0826. The molecule has 1 aromatic carbocycles. The van der Waals surface area contributed by atoms with Gasteiger partial charge in [0.2, 0.25) is 0 Å². The normalized spacial score (nSPS) is 11.2. The summed E-state index contributed by atoms with van der Waals surface area (Å²) in [4.78, 5) is 14.0. The van der Waals surface area contributed by atoms with Crippen LogP contribution in [0, 0.1) is 6.92 Å². The summed E-state index contributed by atoms with van der Waals surface area (Å²) in [5, 5.41) is 8.96. The minimum Gasteiger partial charge on any atom is -0.395 e. The van der Waals surface area contributed by atoms with Gasteiger partial charge in [0.05, 0.1) is 13.2 Å². The molecule has 0 atom stereocenters. The molecule has 0 saturated carbocycles. The monoisotopic (exact) mass is 235 g/mol. The van der Waals surface area contributed by atoms with Crippen molar-refractivity contribution in [2.24, 2.45) is 0 Å². The van der Waals surface area contributed by atoms with E-state index in [0.717, 1.165) is 11.1 Å². The van der Waals surface area contributed by atoms with Crippen molar-refractivity contribution in [3.05, 3.63) is 35.4 Å². The van der Waals surface area contributed by atoms with Gasteiger partial charge in [-0.3, -0.25) is 9.69 Å². The first-order chi connectivity index (χ1) is 8.04. The molecule has 0 aliphatic carbocycles. The summed E-state index contributed by atoms with van der Waals surface area (Å²) in [6.07, 6.45) is 0. The number of nitrogens with zero attached hydrogens (tertiary/aromatic N) is 1. The molecule has 0 heterocycles. The Bertz CT molecular complexity index is 374. The fourth-order valence-electron chi connectivity index (χ4n) is 1.74. The van der Waals surface area contributed by atoms with Gasteiger partial charge < -0.3 is 5.11 Å². The molecule has 0 fully saturated rings. The molecule has 1 rings (SSSR count). The highest BCUT2D eigenvalue weighted by molar-refractivity contribution is 5.97. The summed E-state index contributed by atoms with van der Waals surface area (Å²) in [5.74, 6) is 0.107. The molecule has 3 heteroatoms. The summed E-state index contributed by atoms with van der Waals surface area (Å²) < 4.78 is 0. The van der Waals surface area contributed by atoms with Gasteiger partial charge in [-0.15, -0.1) is 0 Å². The van der Waals surface area contributed by atoms with E-state index in [0.29, 0.717) is 13.1 Å². The quantitative estimate of drug-likeness (QED) is 0.765. The van der Waals surface area contributed by atoms with Gasteiger partial charge in [-0.05, 0) is 26.8 Å². The predicted octanol–water partition coefficient (Wildman–Crippen LogP) is 1.88. The molecule has 3 nitrogen and oxygen atoms in total.